The second-order valence-corrected chi connectivity index (χ2v) is 4.20. The van der Waals surface area contributed by atoms with E-state index in [0.717, 1.165) is 45.1 Å². The van der Waals surface area contributed by atoms with E-state index in [1.165, 1.54) is 0 Å². The van der Waals surface area contributed by atoms with Crippen LogP contribution in [0.3, 0.4) is 0 Å². The van der Waals surface area contributed by atoms with E-state index < -0.39 is 0 Å². The van der Waals surface area contributed by atoms with Crippen molar-refractivity contribution in [2.75, 3.05) is 32.7 Å². The Balaban J connectivity index is 1.84. The fourth-order valence-corrected chi connectivity index (χ4v) is 2.08. The fraction of sp³-hybridized carbons (Fsp3) is 0.727. The fourth-order valence-electron chi connectivity index (χ4n) is 2.08. The smallest absolute Gasteiger partial charge is 0.140 e. The van der Waals surface area contributed by atoms with Crippen LogP contribution in [0, 0.1) is 11.3 Å². The summed E-state index contributed by atoms with van der Waals surface area (Å²) in [6.07, 6.45) is 1.62. The summed E-state index contributed by atoms with van der Waals surface area (Å²) in [5.41, 5.74) is 0. The zero-order valence-electron chi connectivity index (χ0n) is 10.2. The van der Waals surface area contributed by atoms with Gasteiger partial charge in [-0.15, -0.1) is 0 Å². The lowest BCUT2D eigenvalue weighted by molar-refractivity contribution is 0.134. The molecule has 0 aliphatic carbocycles. The minimum absolute atomic E-state index is 0.541. The van der Waals surface area contributed by atoms with Crippen LogP contribution in [-0.2, 0) is 13.1 Å². The van der Waals surface area contributed by atoms with Crippen molar-refractivity contribution < 1.29 is 0 Å². The molecule has 1 aromatic heterocycles. The molecule has 0 atom stereocenters. The molecule has 0 unspecified atom stereocenters. The summed E-state index contributed by atoms with van der Waals surface area (Å²) >= 11 is 0. The first-order valence-corrected chi connectivity index (χ1v) is 6.02. The summed E-state index contributed by atoms with van der Waals surface area (Å²) in [6.45, 7) is 8.26. The number of aromatic nitrogens is 3. The molecule has 0 saturated carbocycles. The molecule has 1 fully saturated rings. The standard InChI is InChI=1S/C11H18N6/c1-2-17-11(13-10-14-17)9-16-7-5-15(4-3-12)6-8-16/h10H,2,4-9H2,1H3. The third kappa shape index (κ3) is 3.02. The number of piperazine rings is 1. The Morgan fingerprint density at radius 3 is 2.65 bits per heavy atom. The van der Waals surface area contributed by atoms with Crippen LogP contribution in [0.5, 0.6) is 0 Å². The van der Waals surface area contributed by atoms with E-state index in [4.69, 9.17) is 5.26 Å². The van der Waals surface area contributed by atoms with E-state index in [2.05, 4.69) is 32.9 Å². The van der Waals surface area contributed by atoms with Crippen LogP contribution in [0.15, 0.2) is 6.33 Å². The van der Waals surface area contributed by atoms with Crippen molar-refractivity contribution in [1.82, 2.24) is 24.6 Å². The third-order valence-electron chi connectivity index (χ3n) is 3.12. The molecule has 6 heteroatoms. The second kappa shape index (κ2) is 5.75. The van der Waals surface area contributed by atoms with Gasteiger partial charge in [0.1, 0.15) is 12.2 Å². The lowest BCUT2D eigenvalue weighted by Crippen LogP contribution is -2.46. The Labute approximate surface area is 101 Å². The summed E-state index contributed by atoms with van der Waals surface area (Å²) in [5, 5.41) is 12.8. The summed E-state index contributed by atoms with van der Waals surface area (Å²) in [5.74, 6) is 1.03. The van der Waals surface area contributed by atoms with Crippen LogP contribution < -0.4 is 0 Å². The van der Waals surface area contributed by atoms with Crippen molar-refractivity contribution in [2.24, 2.45) is 0 Å². The van der Waals surface area contributed by atoms with Gasteiger partial charge in [-0.05, 0) is 6.92 Å². The first kappa shape index (κ1) is 12.0. The molecule has 1 aliphatic heterocycles. The molecule has 92 valence electrons. The van der Waals surface area contributed by atoms with Crippen LogP contribution in [0.2, 0.25) is 0 Å². The van der Waals surface area contributed by atoms with Gasteiger partial charge in [0.15, 0.2) is 0 Å². The van der Waals surface area contributed by atoms with Crippen molar-refractivity contribution in [3.63, 3.8) is 0 Å². The predicted molar refractivity (Wildman–Crippen MR) is 63.0 cm³/mol. The van der Waals surface area contributed by atoms with Gasteiger partial charge in [-0.25, -0.2) is 9.67 Å². The number of rotatable bonds is 4. The van der Waals surface area contributed by atoms with Gasteiger partial charge in [-0.1, -0.05) is 0 Å². The van der Waals surface area contributed by atoms with E-state index in [9.17, 15) is 0 Å². The van der Waals surface area contributed by atoms with Crippen LogP contribution in [0.4, 0.5) is 0 Å². The Kier molecular flexibility index (Phi) is 4.07. The minimum atomic E-state index is 0.541. The van der Waals surface area contributed by atoms with E-state index in [-0.39, 0.29) is 0 Å². The van der Waals surface area contributed by atoms with E-state index in [1.807, 2.05) is 4.68 Å². The SMILES string of the molecule is CCn1ncnc1CN1CCN(CC#N)CC1. The zero-order valence-corrected chi connectivity index (χ0v) is 10.2. The molecule has 0 N–H and O–H groups in total. The topological polar surface area (TPSA) is 61.0 Å². The minimum Gasteiger partial charge on any atom is -0.293 e. The third-order valence-corrected chi connectivity index (χ3v) is 3.12. The number of aryl methyl sites for hydroxylation is 1. The molecular formula is C11H18N6. The summed E-state index contributed by atoms with van der Waals surface area (Å²) < 4.78 is 1.93. The molecule has 0 spiro atoms. The predicted octanol–water partition coefficient (Wildman–Crippen LogP) is -0.0608. The molecular weight excluding hydrogens is 216 g/mol. The van der Waals surface area contributed by atoms with E-state index in [1.54, 1.807) is 6.33 Å². The Bertz CT molecular complexity index is 385. The Morgan fingerprint density at radius 2 is 2.00 bits per heavy atom. The molecule has 0 aromatic carbocycles. The van der Waals surface area contributed by atoms with E-state index in [0.29, 0.717) is 6.54 Å². The molecule has 1 aliphatic rings. The van der Waals surface area contributed by atoms with Crippen molar-refractivity contribution in [3.05, 3.63) is 12.2 Å². The Hall–Kier alpha value is -1.45. The van der Waals surface area contributed by atoms with Crippen LogP contribution in [0.25, 0.3) is 0 Å². The van der Waals surface area contributed by atoms with Crippen LogP contribution in [-0.4, -0.2) is 57.3 Å². The lowest BCUT2D eigenvalue weighted by atomic mass is 10.3. The highest BCUT2D eigenvalue weighted by atomic mass is 15.4. The summed E-state index contributed by atoms with van der Waals surface area (Å²) in [7, 11) is 0. The van der Waals surface area contributed by atoms with Crippen molar-refractivity contribution in [1.29, 1.82) is 5.26 Å². The number of nitrogens with zero attached hydrogens (tertiary/aromatic N) is 6. The number of hydrogen-bond donors (Lipinski definition) is 0. The monoisotopic (exact) mass is 234 g/mol. The van der Waals surface area contributed by atoms with Crippen LogP contribution in [0.1, 0.15) is 12.7 Å². The molecule has 0 radical (unpaired) electrons. The summed E-state index contributed by atoms with van der Waals surface area (Å²) in [6, 6.07) is 2.20. The maximum atomic E-state index is 8.63. The van der Waals surface area contributed by atoms with Gasteiger partial charge in [-0.2, -0.15) is 10.4 Å². The normalized spacial score (nSPS) is 18.1. The highest BCUT2D eigenvalue weighted by Crippen LogP contribution is 2.06. The molecule has 6 nitrogen and oxygen atoms in total. The molecule has 2 rings (SSSR count). The first-order valence-electron chi connectivity index (χ1n) is 6.02. The molecule has 17 heavy (non-hydrogen) atoms. The van der Waals surface area contributed by atoms with Gasteiger partial charge in [0.25, 0.3) is 0 Å². The molecule has 1 saturated heterocycles. The number of hydrogen-bond acceptors (Lipinski definition) is 5. The summed E-state index contributed by atoms with van der Waals surface area (Å²) in [4.78, 5) is 8.83. The molecule has 2 heterocycles. The maximum absolute atomic E-state index is 8.63. The van der Waals surface area contributed by atoms with Crippen LogP contribution >= 0.6 is 0 Å². The van der Waals surface area contributed by atoms with Crippen molar-refractivity contribution in [2.45, 2.75) is 20.0 Å². The number of nitriles is 1. The molecule has 0 amide bonds. The van der Waals surface area contributed by atoms with E-state index >= 15 is 0 Å². The van der Waals surface area contributed by atoms with Gasteiger partial charge < -0.3 is 0 Å². The van der Waals surface area contributed by atoms with Gasteiger partial charge >= 0.3 is 0 Å². The highest BCUT2D eigenvalue weighted by molar-refractivity contribution is 4.87. The van der Waals surface area contributed by atoms with Crippen molar-refractivity contribution >= 4 is 0 Å². The Morgan fingerprint density at radius 1 is 1.29 bits per heavy atom. The zero-order chi connectivity index (χ0) is 12.1. The van der Waals surface area contributed by atoms with Gasteiger partial charge in [0, 0.05) is 32.7 Å². The largest absolute Gasteiger partial charge is 0.293 e. The average Bonchev–Trinajstić information content (AvgIpc) is 2.79. The van der Waals surface area contributed by atoms with Gasteiger partial charge in [0.2, 0.25) is 0 Å². The first-order chi connectivity index (χ1) is 8.33. The highest BCUT2D eigenvalue weighted by Gasteiger charge is 2.17. The van der Waals surface area contributed by atoms with Gasteiger partial charge in [0.05, 0.1) is 19.2 Å². The maximum Gasteiger partial charge on any atom is 0.140 e. The quantitative estimate of drug-likeness (QED) is 0.683. The average molecular weight is 234 g/mol. The van der Waals surface area contributed by atoms with Gasteiger partial charge in [-0.3, -0.25) is 9.80 Å². The lowest BCUT2D eigenvalue weighted by Gasteiger charge is -2.32. The molecule has 1 aromatic rings. The van der Waals surface area contributed by atoms with Crippen molar-refractivity contribution in [3.8, 4) is 6.07 Å². The second-order valence-electron chi connectivity index (χ2n) is 4.20. The molecule has 0 bridgehead atoms.